The Morgan fingerprint density at radius 3 is 2.80 bits per heavy atom. The van der Waals surface area contributed by atoms with Crippen molar-refractivity contribution in [3.8, 4) is 0 Å². The summed E-state index contributed by atoms with van der Waals surface area (Å²) in [7, 11) is 0. The third-order valence-corrected chi connectivity index (χ3v) is 3.72. The Kier molecular flexibility index (Phi) is 3.95. The van der Waals surface area contributed by atoms with E-state index >= 15 is 0 Å². The second-order valence-electron chi connectivity index (χ2n) is 4.98. The van der Waals surface area contributed by atoms with Crippen molar-refractivity contribution in [2.24, 2.45) is 11.0 Å². The first kappa shape index (κ1) is 15.1. The summed E-state index contributed by atoms with van der Waals surface area (Å²) in [6.07, 6.45) is -3.67. The highest BCUT2D eigenvalue weighted by Gasteiger charge is 2.68. The number of carbonyl (C=O) groups excluding carboxylic acids is 1. The van der Waals surface area contributed by atoms with Crippen LogP contribution in [0.5, 0.6) is 0 Å². The second kappa shape index (κ2) is 5.23. The molecule has 2 atom stereocenters. The minimum Gasteiger partial charge on any atom is -0.448 e. The molecule has 0 bridgehead atoms. The molecule has 0 aromatic rings. The monoisotopic (exact) mass is 294 g/mol. The lowest BCUT2D eigenvalue weighted by atomic mass is 9.87. The van der Waals surface area contributed by atoms with Gasteiger partial charge in [-0.05, 0) is 26.2 Å². The molecule has 0 unspecified atom stereocenters. The van der Waals surface area contributed by atoms with Gasteiger partial charge in [0.15, 0.2) is 0 Å². The minimum atomic E-state index is -4.99. The number of ether oxygens (including phenoxy) is 1. The van der Waals surface area contributed by atoms with E-state index in [9.17, 15) is 23.1 Å². The lowest BCUT2D eigenvalue weighted by Gasteiger charge is -2.36. The molecule has 1 saturated carbocycles. The molecule has 0 saturated heterocycles. The maximum Gasteiger partial charge on any atom is 0.439 e. The Morgan fingerprint density at radius 1 is 1.50 bits per heavy atom. The highest BCUT2D eigenvalue weighted by molar-refractivity contribution is 5.91. The quantitative estimate of drug-likeness (QED) is 0.808. The lowest BCUT2D eigenvalue weighted by molar-refractivity contribution is -0.314. The van der Waals surface area contributed by atoms with E-state index in [0.717, 1.165) is 6.42 Å². The molecule has 20 heavy (non-hydrogen) atoms. The van der Waals surface area contributed by atoms with Gasteiger partial charge >= 0.3 is 12.3 Å². The Bertz CT molecular complexity index is 425. The molecule has 2 aliphatic rings. The molecule has 8 heteroatoms. The highest BCUT2D eigenvalue weighted by Crippen LogP contribution is 2.47. The van der Waals surface area contributed by atoms with Gasteiger partial charge in [-0.2, -0.15) is 23.3 Å². The number of carbonyl (C=O) groups is 1. The van der Waals surface area contributed by atoms with Crippen LogP contribution in [-0.2, 0) is 4.74 Å². The molecule has 0 aromatic heterocycles. The standard InChI is InChI=1S/C12H17F3N2O3/c1-2-20-10(18)17-11(19,12(13,14)15)8-6-4-3-5-7-9(8)16-17/h8,19H,2-7H2,1H3/t8-,11+/m1/s1. The molecule has 0 radical (unpaired) electrons. The van der Waals surface area contributed by atoms with E-state index in [1.54, 1.807) is 0 Å². The third kappa shape index (κ3) is 2.25. The average Bonchev–Trinajstić information content (AvgIpc) is 2.51. The fourth-order valence-electron chi connectivity index (χ4n) is 2.76. The molecule has 1 aliphatic heterocycles. The van der Waals surface area contributed by atoms with Crippen LogP contribution in [0.15, 0.2) is 5.10 Å². The molecule has 1 amide bonds. The Balaban J connectivity index is 2.40. The molecule has 0 aromatic carbocycles. The summed E-state index contributed by atoms with van der Waals surface area (Å²) in [5.41, 5.74) is -3.06. The van der Waals surface area contributed by atoms with Crippen molar-refractivity contribution in [3.63, 3.8) is 0 Å². The summed E-state index contributed by atoms with van der Waals surface area (Å²) >= 11 is 0. The zero-order valence-corrected chi connectivity index (χ0v) is 11.1. The van der Waals surface area contributed by atoms with Crippen molar-refractivity contribution in [1.82, 2.24) is 5.01 Å². The number of hydrogen-bond donors (Lipinski definition) is 1. The summed E-state index contributed by atoms with van der Waals surface area (Å²) in [4.78, 5) is 11.7. The largest absolute Gasteiger partial charge is 0.448 e. The molecule has 1 fully saturated rings. The van der Waals surface area contributed by atoms with Gasteiger partial charge in [0.05, 0.1) is 12.5 Å². The average molecular weight is 294 g/mol. The number of hydrogen-bond acceptors (Lipinski definition) is 4. The summed E-state index contributed by atoms with van der Waals surface area (Å²) in [5.74, 6) is -1.20. The number of fused-ring (bicyclic) bond motifs is 1. The fraction of sp³-hybridized carbons (Fsp3) is 0.833. The van der Waals surface area contributed by atoms with E-state index in [1.165, 1.54) is 6.92 Å². The number of halogens is 3. The van der Waals surface area contributed by atoms with Crippen LogP contribution in [0.2, 0.25) is 0 Å². The van der Waals surface area contributed by atoms with Crippen molar-refractivity contribution >= 4 is 11.8 Å². The van der Waals surface area contributed by atoms with Gasteiger partial charge in [-0.1, -0.05) is 12.8 Å². The fourth-order valence-corrected chi connectivity index (χ4v) is 2.76. The molecule has 1 N–H and O–H groups in total. The van der Waals surface area contributed by atoms with Gasteiger partial charge in [0.25, 0.3) is 5.72 Å². The lowest BCUT2D eigenvalue weighted by Crippen LogP contribution is -2.61. The number of nitrogens with zero attached hydrogens (tertiary/aromatic N) is 2. The Hall–Kier alpha value is -1.31. The highest BCUT2D eigenvalue weighted by atomic mass is 19.4. The normalized spacial score (nSPS) is 30.6. The van der Waals surface area contributed by atoms with Crippen LogP contribution in [0.1, 0.15) is 39.0 Å². The first-order chi connectivity index (χ1) is 9.32. The van der Waals surface area contributed by atoms with Crippen molar-refractivity contribution in [2.45, 2.75) is 50.9 Å². The van der Waals surface area contributed by atoms with Crippen molar-refractivity contribution < 1.29 is 27.8 Å². The Labute approximate surface area is 114 Å². The van der Waals surface area contributed by atoms with E-state index < -0.39 is 23.9 Å². The molecule has 114 valence electrons. The summed E-state index contributed by atoms with van der Waals surface area (Å²) in [6.45, 7) is 1.39. The Morgan fingerprint density at radius 2 is 2.20 bits per heavy atom. The number of amides is 1. The van der Waals surface area contributed by atoms with Gasteiger partial charge in [0.2, 0.25) is 0 Å². The maximum absolute atomic E-state index is 13.3. The van der Waals surface area contributed by atoms with Crippen LogP contribution in [0.25, 0.3) is 0 Å². The van der Waals surface area contributed by atoms with Gasteiger partial charge in [-0.25, -0.2) is 4.79 Å². The molecule has 2 rings (SSSR count). The predicted molar refractivity (Wildman–Crippen MR) is 63.9 cm³/mol. The number of hydrazone groups is 1. The van der Waals surface area contributed by atoms with Gasteiger partial charge in [-0.3, -0.25) is 0 Å². The zero-order valence-electron chi connectivity index (χ0n) is 11.1. The van der Waals surface area contributed by atoms with Crippen molar-refractivity contribution in [2.75, 3.05) is 6.61 Å². The first-order valence-electron chi connectivity index (χ1n) is 6.65. The molecule has 1 aliphatic carbocycles. The minimum absolute atomic E-state index is 0.0713. The third-order valence-electron chi connectivity index (χ3n) is 3.72. The number of alkyl halides is 3. The predicted octanol–water partition coefficient (Wildman–Crippen LogP) is 2.65. The van der Waals surface area contributed by atoms with E-state index in [1.807, 2.05) is 0 Å². The molecular formula is C12H17F3N2O3. The van der Waals surface area contributed by atoms with Crippen molar-refractivity contribution in [1.29, 1.82) is 0 Å². The van der Waals surface area contributed by atoms with E-state index in [2.05, 4.69) is 9.84 Å². The molecule has 0 spiro atoms. The van der Waals surface area contributed by atoms with Crippen LogP contribution < -0.4 is 0 Å². The van der Waals surface area contributed by atoms with Gasteiger partial charge in [0.1, 0.15) is 0 Å². The van der Waals surface area contributed by atoms with Gasteiger partial charge in [-0.15, -0.1) is 0 Å². The van der Waals surface area contributed by atoms with Crippen LogP contribution >= 0.6 is 0 Å². The van der Waals surface area contributed by atoms with Crippen LogP contribution in [-0.4, -0.2) is 40.4 Å². The van der Waals surface area contributed by atoms with E-state index in [4.69, 9.17) is 0 Å². The molecule has 1 heterocycles. The van der Waals surface area contributed by atoms with Crippen LogP contribution in [0.4, 0.5) is 18.0 Å². The molecular weight excluding hydrogens is 277 g/mol. The van der Waals surface area contributed by atoms with E-state index in [0.29, 0.717) is 19.3 Å². The summed E-state index contributed by atoms with van der Waals surface area (Å²) < 4.78 is 44.6. The van der Waals surface area contributed by atoms with Crippen molar-refractivity contribution in [3.05, 3.63) is 0 Å². The topological polar surface area (TPSA) is 62.1 Å². The van der Waals surface area contributed by atoms with E-state index in [-0.39, 0.29) is 23.7 Å². The summed E-state index contributed by atoms with van der Waals surface area (Å²) in [5, 5.41) is 14.0. The zero-order chi connectivity index (χ0) is 15.0. The number of aliphatic hydroxyl groups is 1. The van der Waals surface area contributed by atoms with Gasteiger partial charge < -0.3 is 9.84 Å². The first-order valence-corrected chi connectivity index (χ1v) is 6.65. The second-order valence-corrected chi connectivity index (χ2v) is 4.98. The summed E-state index contributed by atoms with van der Waals surface area (Å²) in [6, 6.07) is 0. The molecule has 5 nitrogen and oxygen atoms in total. The smallest absolute Gasteiger partial charge is 0.439 e. The van der Waals surface area contributed by atoms with Gasteiger partial charge in [0, 0.05) is 5.71 Å². The maximum atomic E-state index is 13.3. The number of rotatable bonds is 1. The SMILES string of the molecule is CCOC(=O)N1N=C2CCCCC[C@H]2[C@]1(O)C(F)(F)F. The van der Waals surface area contributed by atoms with Crippen LogP contribution in [0.3, 0.4) is 0 Å². The van der Waals surface area contributed by atoms with Crippen LogP contribution in [0, 0.1) is 5.92 Å².